The summed E-state index contributed by atoms with van der Waals surface area (Å²) < 4.78 is 34.6. The van der Waals surface area contributed by atoms with Crippen LogP contribution in [0.1, 0.15) is 62.2 Å². The van der Waals surface area contributed by atoms with Crippen LogP contribution in [0.5, 0.6) is 0 Å². The molecule has 4 aromatic rings. The van der Waals surface area contributed by atoms with E-state index in [4.69, 9.17) is 9.40 Å². The quantitative estimate of drug-likeness (QED) is 0.382. The Labute approximate surface area is 206 Å². The Morgan fingerprint density at radius 1 is 1.11 bits per heavy atom. The van der Waals surface area contributed by atoms with Gasteiger partial charge in [0, 0.05) is 6.20 Å². The number of fused-ring (bicyclic) bond motifs is 5. The van der Waals surface area contributed by atoms with Gasteiger partial charge in [-0.1, -0.05) is 19.9 Å². The topological polar surface area (TPSA) is 94.7 Å². The van der Waals surface area contributed by atoms with E-state index in [0.717, 1.165) is 29.8 Å². The second-order valence-corrected chi connectivity index (χ2v) is 10.2. The smallest absolute Gasteiger partial charge is 0.246 e. The van der Waals surface area contributed by atoms with Crippen molar-refractivity contribution in [3.8, 4) is 22.8 Å². The Kier molecular flexibility index (Phi) is 4.90. The number of carbonyl (C=O) groups is 1. The van der Waals surface area contributed by atoms with E-state index in [1.54, 1.807) is 18.5 Å². The average molecular weight is 488 g/mol. The molecule has 7 nitrogen and oxygen atoms in total. The lowest BCUT2D eigenvalue weighted by Gasteiger charge is -2.37. The van der Waals surface area contributed by atoms with Gasteiger partial charge in [-0.05, 0) is 54.9 Å². The number of oxazole rings is 1. The largest absolute Gasteiger partial charge is 0.443 e. The molecule has 6 rings (SSSR count). The maximum absolute atomic E-state index is 14.5. The van der Waals surface area contributed by atoms with Crippen LogP contribution in [0.15, 0.2) is 47.3 Å². The fourth-order valence-corrected chi connectivity index (χ4v) is 6.19. The molecule has 2 bridgehead atoms. The summed E-state index contributed by atoms with van der Waals surface area (Å²) in [5, 5.41) is 8.82. The molecule has 2 aliphatic carbocycles. The molecular weight excluding hydrogens is 464 g/mol. The minimum atomic E-state index is -0.671. The maximum Gasteiger partial charge on any atom is 0.246 e. The van der Waals surface area contributed by atoms with E-state index in [-0.39, 0.29) is 34.8 Å². The van der Waals surface area contributed by atoms with Crippen molar-refractivity contribution in [3.63, 3.8) is 0 Å². The second-order valence-electron chi connectivity index (χ2n) is 10.2. The zero-order valence-corrected chi connectivity index (χ0v) is 20.0. The van der Waals surface area contributed by atoms with Gasteiger partial charge in [0.15, 0.2) is 0 Å². The van der Waals surface area contributed by atoms with Gasteiger partial charge >= 0.3 is 0 Å². The predicted molar refractivity (Wildman–Crippen MR) is 126 cm³/mol. The van der Waals surface area contributed by atoms with E-state index < -0.39 is 17.0 Å². The van der Waals surface area contributed by atoms with Crippen LogP contribution >= 0.6 is 0 Å². The van der Waals surface area contributed by atoms with Crippen molar-refractivity contribution in [3.05, 3.63) is 77.2 Å². The molecular formula is C27H23F2N5O2. The van der Waals surface area contributed by atoms with Gasteiger partial charge in [-0.25, -0.2) is 18.7 Å². The summed E-state index contributed by atoms with van der Waals surface area (Å²) in [7, 11) is 0. The van der Waals surface area contributed by atoms with Crippen molar-refractivity contribution in [1.29, 1.82) is 0 Å². The molecule has 0 saturated heterocycles. The van der Waals surface area contributed by atoms with Crippen LogP contribution in [0, 0.1) is 17.0 Å². The van der Waals surface area contributed by atoms with Crippen molar-refractivity contribution in [2.24, 2.45) is 5.41 Å². The molecule has 1 saturated carbocycles. The average Bonchev–Trinajstić information content (AvgIpc) is 3.46. The van der Waals surface area contributed by atoms with Crippen LogP contribution in [-0.4, -0.2) is 30.9 Å². The third kappa shape index (κ3) is 3.08. The molecule has 2 aliphatic rings. The van der Waals surface area contributed by atoms with Gasteiger partial charge in [-0.3, -0.25) is 9.78 Å². The number of aromatic nitrogens is 5. The van der Waals surface area contributed by atoms with E-state index in [1.165, 1.54) is 31.4 Å². The minimum absolute atomic E-state index is 0.0110. The number of carbonyl (C=O) groups excluding carboxylic acids is 1. The lowest BCUT2D eigenvalue weighted by Crippen LogP contribution is -2.38. The highest BCUT2D eigenvalue weighted by molar-refractivity contribution is 5.77. The first-order valence-electron chi connectivity index (χ1n) is 11.8. The van der Waals surface area contributed by atoms with Crippen molar-refractivity contribution in [2.75, 3.05) is 0 Å². The summed E-state index contributed by atoms with van der Waals surface area (Å²) in [6.07, 6.45) is 6.61. The van der Waals surface area contributed by atoms with Gasteiger partial charge in [0.05, 0.1) is 46.4 Å². The summed E-state index contributed by atoms with van der Waals surface area (Å²) in [6.45, 7) is 5.83. The molecule has 1 aromatic carbocycles. The fraction of sp³-hybridized carbons (Fsp3) is 0.333. The number of hydrogen-bond acceptors (Lipinski definition) is 7. The molecule has 3 heterocycles. The zero-order chi connectivity index (χ0) is 25.2. The second kappa shape index (κ2) is 7.81. The lowest BCUT2D eigenvalue weighted by molar-refractivity contribution is -0.116. The summed E-state index contributed by atoms with van der Waals surface area (Å²) >= 11 is 0. The van der Waals surface area contributed by atoms with Gasteiger partial charge in [-0.2, -0.15) is 5.10 Å². The van der Waals surface area contributed by atoms with E-state index in [2.05, 4.69) is 34.0 Å². The molecule has 0 amide bonds. The third-order valence-electron chi connectivity index (χ3n) is 7.87. The number of nitrogens with zero attached hydrogens (tertiary/aromatic N) is 5. The number of halogens is 2. The first-order valence-corrected chi connectivity index (χ1v) is 11.8. The number of rotatable bonds is 5. The lowest BCUT2D eigenvalue weighted by atomic mass is 9.66. The van der Waals surface area contributed by atoms with E-state index in [9.17, 15) is 13.6 Å². The third-order valence-corrected chi connectivity index (χ3v) is 7.87. The van der Waals surface area contributed by atoms with Crippen LogP contribution in [0.25, 0.3) is 22.8 Å². The van der Waals surface area contributed by atoms with Gasteiger partial charge in [-0.15, -0.1) is 5.10 Å². The highest BCUT2D eigenvalue weighted by Gasteiger charge is 2.65. The van der Waals surface area contributed by atoms with Crippen molar-refractivity contribution < 1.29 is 18.0 Å². The molecule has 36 heavy (non-hydrogen) atoms. The zero-order valence-electron chi connectivity index (χ0n) is 20.0. The van der Waals surface area contributed by atoms with Crippen LogP contribution in [0.4, 0.5) is 8.78 Å². The monoisotopic (exact) mass is 487 g/mol. The highest BCUT2D eigenvalue weighted by atomic mass is 19.1. The Morgan fingerprint density at radius 2 is 1.89 bits per heavy atom. The predicted octanol–water partition coefficient (Wildman–Crippen LogP) is 5.20. The van der Waals surface area contributed by atoms with Crippen LogP contribution in [0.3, 0.4) is 0 Å². The first kappa shape index (κ1) is 22.6. The van der Waals surface area contributed by atoms with E-state index in [1.807, 2.05) is 0 Å². The Hall–Kier alpha value is -3.88. The summed E-state index contributed by atoms with van der Waals surface area (Å²) in [6, 6.07) is 5.54. The van der Waals surface area contributed by atoms with Crippen LogP contribution in [-0.2, 0) is 16.6 Å². The standard InChI is InChI=1S/C27H23F2N5O2/c1-14(35)9-15-13-36-25(31-15)21-11-30-12-22(32-21)27-8-7-17(26(27,2)3)16-10-20(33-34-24(16)27)23-18(28)5-4-6-19(23)29/h4-6,10-13,17H,7-9H2,1-3H3/t17-,27-/m0/s1. The van der Waals surface area contributed by atoms with E-state index in [0.29, 0.717) is 17.3 Å². The number of Topliss-reactive ketones (excluding diaryl/α,β-unsaturated/α-hetero) is 1. The minimum Gasteiger partial charge on any atom is -0.443 e. The molecule has 3 aromatic heterocycles. The maximum atomic E-state index is 14.5. The molecule has 9 heteroatoms. The Balaban J connectivity index is 1.46. The van der Waals surface area contributed by atoms with E-state index >= 15 is 0 Å². The summed E-state index contributed by atoms with van der Waals surface area (Å²) in [4.78, 5) is 25.2. The summed E-state index contributed by atoms with van der Waals surface area (Å²) in [5.74, 6) is -0.946. The van der Waals surface area contributed by atoms with Gasteiger partial charge in [0.2, 0.25) is 5.89 Å². The molecule has 0 spiro atoms. The van der Waals surface area contributed by atoms with Gasteiger partial charge in [0.25, 0.3) is 0 Å². The molecule has 2 atom stereocenters. The molecule has 0 aliphatic heterocycles. The molecule has 182 valence electrons. The van der Waals surface area contributed by atoms with Crippen molar-refractivity contribution in [2.45, 2.75) is 51.4 Å². The van der Waals surface area contributed by atoms with Crippen LogP contribution < -0.4 is 0 Å². The van der Waals surface area contributed by atoms with Gasteiger partial charge in [0.1, 0.15) is 29.4 Å². The number of ketones is 1. The normalized spacial score (nSPS) is 21.5. The Morgan fingerprint density at radius 3 is 2.64 bits per heavy atom. The SMILES string of the molecule is CC(=O)Cc1coc(-c2cncc([C@@]34CC[C@@H](c5cc(-c6c(F)cccc6F)nnc53)C4(C)C)n2)n1. The Bertz CT molecular complexity index is 1510. The highest BCUT2D eigenvalue weighted by Crippen LogP contribution is 2.69. The molecule has 0 N–H and O–H groups in total. The molecule has 0 radical (unpaired) electrons. The van der Waals surface area contributed by atoms with Crippen molar-refractivity contribution >= 4 is 5.78 Å². The molecule has 0 unspecified atom stereocenters. The number of benzene rings is 1. The molecule has 1 fully saturated rings. The number of hydrogen-bond donors (Lipinski definition) is 0. The first-order chi connectivity index (χ1) is 17.2. The fourth-order valence-electron chi connectivity index (χ4n) is 6.19. The summed E-state index contributed by atoms with van der Waals surface area (Å²) in [5.41, 5.74) is 2.55. The van der Waals surface area contributed by atoms with Gasteiger partial charge < -0.3 is 4.42 Å². The van der Waals surface area contributed by atoms with Crippen LogP contribution in [0.2, 0.25) is 0 Å². The van der Waals surface area contributed by atoms with Crippen molar-refractivity contribution in [1.82, 2.24) is 25.1 Å².